The predicted molar refractivity (Wildman–Crippen MR) is 58.7 cm³/mol. The summed E-state index contributed by atoms with van der Waals surface area (Å²) in [6, 6.07) is 9.91. The molecule has 0 aliphatic heterocycles. The van der Waals surface area contributed by atoms with Crippen molar-refractivity contribution in [2.45, 2.75) is 18.8 Å². The highest BCUT2D eigenvalue weighted by atomic mass is 16.4. The molecule has 1 N–H and O–H groups in total. The number of carbonyl (C=O) groups is 1. The van der Waals surface area contributed by atoms with Gasteiger partial charge in [-0.2, -0.15) is 0 Å². The normalized spacial score (nSPS) is 25.1. The van der Waals surface area contributed by atoms with Crippen LogP contribution in [0.5, 0.6) is 0 Å². The number of hydrogen-bond acceptors (Lipinski definition) is 1. The summed E-state index contributed by atoms with van der Waals surface area (Å²) in [6.45, 7) is 0. The first kappa shape index (κ1) is 9.97. The van der Waals surface area contributed by atoms with Crippen LogP contribution in [-0.2, 0) is 4.79 Å². The molecular formula is C13H14O2. The number of hydrogen-bond donors (Lipinski definition) is 1. The predicted octanol–water partition coefficient (Wildman–Crippen LogP) is 2.82. The van der Waals surface area contributed by atoms with E-state index in [1.54, 1.807) is 0 Å². The summed E-state index contributed by atoms with van der Waals surface area (Å²) in [4.78, 5) is 11.1. The van der Waals surface area contributed by atoms with E-state index in [2.05, 4.69) is 6.08 Å². The fraction of sp³-hybridized carbons (Fsp3) is 0.308. The number of carboxylic acid groups (broad SMARTS) is 1. The van der Waals surface area contributed by atoms with Crippen molar-refractivity contribution >= 4 is 5.97 Å². The van der Waals surface area contributed by atoms with Crippen LogP contribution in [-0.4, -0.2) is 11.1 Å². The first-order chi connectivity index (χ1) is 7.29. The summed E-state index contributed by atoms with van der Waals surface area (Å²) in [6.07, 6.45) is 5.53. The van der Waals surface area contributed by atoms with Crippen LogP contribution in [0.2, 0.25) is 0 Å². The van der Waals surface area contributed by atoms with Crippen LogP contribution in [0.3, 0.4) is 0 Å². The highest BCUT2D eigenvalue weighted by Gasteiger charge is 2.29. The SMILES string of the molecule is O=C(O)[C@H]1CC=CC[C@H]1c1ccccc1. The van der Waals surface area contributed by atoms with E-state index in [-0.39, 0.29) is 11.8 Å². The van der Waals surface area contributed by atoms with E-state index in [0.29, 0.717) is 6.42 Å². The molecule has 1 aromatic carbocycles. The maximum Gasteiger partial charge on any atom is 0.307 e. The molecule has 1 aromatic rings. The molecule has 2 rings (SSSR count). The van der Waals surface area contributed by atoms with Crippen molar-refractivity contribution in [1.29, 1.82) is 0 Å². The number of allylic oxidation sites excluding steroid dienone is 2. The molecule has 2 atom stereocenters. The Labute approximate surface area is 89.2 Å². The molecule has 0 fully saturated rings. The van der Waals surface area contributed by atoms with E-state index in [0.717, 1.165) is 12.0 Å². The lowest BCUT2D eigenvalue weighted by molar-refractivity contribution is -0.142. The van der Waals surface area contributed by atoms with E-state index in [9.17, 15) is 4.79 Å². The first-order valence-electron chi connectivity index (χ1n) is 5.22. The Balaban J connectivity index is 2.27. The number of rotatable bonds is 2. The van der Waals surface area contributed by atoms with Crippen LogP contribution >= 0.6 is 0 Å². The Morgan fingerprint density at radius 1 is 1.13 bits per heavy atom. The highest BCUT2D eigenvalue weighted by Crippen LogP contribution is 2.34. The molecule has 0 spiro atoms. The average Bonchev–Trinajstić information content (AvgIpc) is 2.30. The van der Waals surface area contributed by atoms with Crippen molar-refractivity contribution in [1.82, 2.24) is 0 Å². The minimum atomic E-state index is -0.687. The van der Waals surface area contributed by atoms with Gasteiger partial charge in [0.1, 0.15) is 0 Å². The standard InChI is InChI=1S/C13H14O2/c14-13(15)12-9-5-4-8-11(12)10-6-2-1-3-7-10/h1-7,11-12H,8-9H2,(H,14,15)/t11-,12-/m0/s1. The fourth-order valence-corrected chi connectivity index (χ4v) is 2.16. The summed E-state index contributed by atoms with van der Waals surface area (Å²) in [5.74, 6) is -0.820. The lowest BCUT2D eigenvalue weighted by Crippen LogP contribution is -2.23. The molecule has 0 aromatic heterocycles. The van der Waals surface area contributed by atoms with Crippen molar-refractivity contribution in [2.24, 2.45) is 5.92 Å². The van der Waals surface area contributed by atoms with Crippen LogP contribution in [0.4, 0.5) is 0 Å². The van der Waals surface area contributed by atoms with Crippen LogP contribution in [0.1, 0.15) is 24.3 Å². The first-order valence-corrected chi connectivity index (χ1v) is 5.22. The molecule has 78 valence electrons. The third-order valence-electron chi connectivity index (χ3n) is 2.98. The minimum Gasteiger partial charge on any atom is -0.481 e. The Kier molecular flexibility index (Phi) is 2.86. The molecule has 0 saturated heterocycles. The van der Waals surface area contributed by atoms with Crippen LogP contribution in [0, 0.1) is 5.92 Å². The van der Waals surface area contributed by atoms with Crippen molar-refractivity contribution in [2.75, 3.05) is 0 Å². The number of carboxylic acids is 1. The lowest BCUT2D eigenvalue weighted by Gasteiger charge is -2.25. The molecule has 0 unspecified atom stereocenters. The molecule has 0 radical (unpaired) electrons. The largest absolute Gasteiger partial charge is 0.481 e. The average molecular weight is 202 g/mol. The molecule has 0 heterocycles. The van der Waals surface area contributed by atoms with Gasteiger partial charge in [-0.1, -0.05) is 42.5 Å². The zero-order valence-corrected chi connectivity index (χ0v) is 8.47. The summed E-state index contributed by atoms with van der Waals surface area (Å²) in [7, 11) is 0. The molecule has 0 saturated carbocycles. The zero-order valence-electron chi connectivity index (χ0n) is 8.47. The summed E-state index contributed by atoms with van der Waals surface area (Å²) >= 11 is 0. The van der Waals surface area contributed by atoms with Crippen LogP contribution in [0.25, 0.3) is 0 Å². The lowest BCUT2D eigenvalue weighted by atomic mass is 9.79. The Morgan fingerprint density at radius 2 is 1.80 bits per heavy atom. The van der Waals surface area contributed by atoms with Gasteiger partial charge in [-0.25, -0.2) is 0 Å². The van der Waals surface area contributed by atoms with Gasteiger partial charge in [-0.05, 0) is 18.4 Å². The van der Waals surface area contributed by atoms with Gasteiger partial charge in [0.15, 0.2) is 0 Å². The van der Waals surface area contributed by atoms with Gasteiger partial charge >= 0.3 is 5.97 Å². The summed E-state index contributed by atoms with van der Waals surface area (Å²) < 4.78 is 0. The topological polar surface area (TPSA) is 37.3 Å². The van der Waals surface area contributed by atoms with Gasteiger partial charge in [0.05, 0.1) is 5.92 Å². The van der Waals surface area contributed by atoms with Crippen molar-refractivity contribution in [3.63, 3.8) is 0 Å². The van der Waals surface area contributed by atoms with Crippen molar-refractivity contribution < 1.29 is 9.90 Å². The number of benzene rings is 1. The van der Waals surface area contributed by atoms with Crippen LogP contribution < -0.4 is 0 Å². The molecule has 0 amide bonds. The van der Waals surface area contributed by atoms with E-state index in [1.165, 1.54) is 0 Å². The van der Waals surface area contributed by atoms with Crippen molar-refractivity contribution in [3.8, 4) is 0 Å². The second-order valence-electron chi connectivity index (χ2n) is 3.90. The third-order valence-corrected chi connectivity index (χ3v) is 2.98. The quantitative estimate of drug-likeness (QED) is 0.749. The Hall–Kier alpha value is -1.57. The maximum atomic E-state index is 11.1. The monoisotopic (exact) mass is 202 g/mol. The zero-order chi connectivity index (χ0) is 10.7. The second kappa shape index (κ2) is 4.30. The molecule has 1 aliphatic carbocycles. The highest BCUT2D eigenvalue weighted by molar-refractivity contribution is 5.72. The van der Waals surface area contributed by atoms with Gasteiger partial charge in [0, 0.05) is 5.92 Å². The van der Waals surface area contributed by atoms with E-state index in [4.69, 9.17) is 5.11 Å². The molecule has 2 nitrogen and oxygen atoms in total. The van der Waals surface area contributed by atoms with Gasteiger partial charge in [-0.15, -0.1) is 0 Å². The summed E-state index contributed by atoms with van der Waals surface area (Å²) in [5, 5.41) is 9.14. The van der Waals surface area contributed by atoms with Gasteiger partial charge in [0.2, 0.25) is 0 Å². The van der Waals surface area contributed by atoms with Gasteiger partial charge < -0.3 is 5.11 Å². The molecule has 0 bridgehead atoms. The molecule has 1 aliphatic rings. The summed E-state index contributed by atoms with van der Waals surface area (Å²) in [5.41, 5.74) is 1.13. The Morgan fingerprint density at radius 3 is 2.47 bits per heavy atom. The second-order valence-corrected chi connectivity index (χ2v) is 3.90. The molecule has 2 heteroatoms. The van der Waals surface area contributed by atoms with Gasteiger partial charge in [-0.3, -0.25) is 4.79 Å². The van der Waals surface area contributed by atoms with Crippen molar-refractivity contribution in [3.05, 3.63) is 48.0 Å². The third kappa shape index (κ3) is 2.09. The molecule has 15 heavy (non-hydrogen) atoms. The molecular weight excluding hydrogens is 188 g/mol. The van der Waals surface area contributed by atoms with E-state index < -0.39 is 5.97 Å². The van der Waals surface area contributed by atoms with E-state index in [1.807, 2.05) is 36.4 Å². The van der Waals surface area contributed by atoms with Gasteiger partial charge in [0.25, 0.3) is 0 Å². The smallest absolute Gasteiger partial charge is 0.307 e. The van der Waals surface area contributed by atoms with E-state index >= 15 is 0 Å². The minimum absolute atomic E-state index is 0.133. The number of aliphatic carboxylic acids is 1. The maximum absolute atomic E-state index is 11.1. The Bertz CT molecular complexity index is 367. The fourth-order valence-electron chi connectivity index (χ4n) is 2.16. The van der Waals surface area contributed by atoms with Crippen LogP contribution in [0.15, 0.2) is 42.5 Å².